The molecule has 3 heteroatoms. The molecule has 0 aromatic carbocycles. The van der Waals surface area contributed by atoms with Crippen molar-refractivity contribution in [1.29, 1.82) is 0 Å². The van der Waals surface area contributed by atoms with Crippen LogP contribution in [-0.4, -0.2) is 16.6 Å². The second kappa shape index (κ2) is 9.94. The van der Waals surface area contributed by atoms with Crippen LogP contribution in [0, 0.1) is 5.92 Å². The van der Waals surface area contributed by atoms with Gasteiger partial charge in [0.25, 0.3) is 0 Å². The molecule has 1 heterocycles. The minimum absolute atomic E-state index is 0.577. The second-order valence-electron chi connectivity index (χ2n) is 6.72. The molecule has 0 unspecified atom stereocenters. The molecule has 0 N–H and O–H groups in total. The highest BCUT2D eigenvalue weighted by Crippen LogP contribution is 2.36. The van der Waals surface area contributed by atoms with E-state index in [0.29, 0.717) is 12.5 Å². The van der Waals surface area contributed by atoms with Gasteiger partial charge >= 0.3 is 0 Å². The standard InChI is InChI=1S/C19H32N2O/c1-3-5-7-16-8-10-18(11-9-16)19-20-13-17(14-21-19)15-22-12-6-4-2/h13-14,16,18H,3-12,15H2,1-2H3. The number of unbranched alkanes of at least 4 members (excludes halogenated alkanes) is 2. The maximum Gasteiger partial charge on any atom is 0.131 e. The zero-order valence-corrected chi connectivity index (χ0v) is 14.4. The Balaban J connectivity index is 1.74. The van der Waals surface area contributed by atoms with Gasteiger partial charge in [-0.2, -0.15) is 0 Å². The van der Waals surface area contributed by atoms with Gasteiger partial charge in [0, 0.05) is 30.5 Å². The van der Waals surface area contributed by atoms with Crippen molar-refractivity contribution in [3.63, 3.8) is 0 Å². The molecular formula is C19H32N2O. The van der Waals surface area contributed by atoms with Gasteiger partial charge in [-0.3, -0.25) is 0 Å². The first-order chi connectivity index (χ1) is 10.8. The summed E-state index contributed by atoms with van der Waals surface area (Å²) >= 11 is 0. The lowest BCUT2D eigenvalue weighted by atomic mass is 9.79. The van der Waals surface area contributed by atoms with Gasteiger partial charge in [-0.1, -0.05) is 39.5 Å². The summed E-state index contributed by atoms with van der Waals surface area (Å²) in [6.07, 6.45) is 15.6. The zero-order valence-electron chi connectivity index (χ0n) is 14.4. The van der Waals surface area contributed by atoms with Gasteiger partial charge in [0.2, 0.25) is 0 Å². The summed E-state index contributed by atoms with van der Waals surface area (Å²) in [6.45, 7) is 5.94. The quantitative estimate of drug-likeness (QED) is 0.584. The van der Waals surface area contributed by atoms with Crippen LogP contribution in [0.5, 0.6) is 0 Å². The molecule has 0 amide bonds. The lowest BCUT2D eigenvalue weighted by Gasteiger charge is -2.27. The molecule has 0 atom stereocenters. The molecule has 0 radical (unpaired) electrons. The SMILES string of the molecule is CCCCOCc1cnc(C2CCC(CCCC)CC2)nc1. The van der Waals surface area contributed by atoms with Crippen molar-refractivity contribution in [2.45, 2.75) is 84.2 Å². The van der Waals surface area contributed by atoms with Crippen LogP contribution in [0.25, 0.3) is 0 Å². The molecular weight excluding hydrogens is 272 g/mol. The molecule has 2 rings (SSSR count). The number of ether oxygens (including phenoxy) is 1. The highest BCUT2D eigenvalue weighted by Gasteiger charge is 2.23. The van der Waals surface area contributed by atoms with E-state index in [1.807, 2.05) is 12.4 Å². The van der Waals surface area contributed by atoms with Gasteiger partial charge in [0.15, 0.2) is 0 Å². The first-order valence-electron chi connectivity index (χ1n) is 9.22. The fourth-order valence-corrected chi connectivity index (χ4v) is 3.29. The number of hydrogen-bond acceptors (Lipinski definition) is 3. The maximum atomic E-state index is 5.62. The molecule has 3 nitrogen and oxygen atoms in total. The predicted molar refractivity (Wildman–Crippen MR) is 90.8 cm³/mol. The van der Waals surface area contributed by atoms with Gasteiger partial charge in [-0.05, 0) is 38.0 Å². The molecule has 0 aliphatic heterocycles. The van der Waals surface area contributed by atoms with Crippen LogP contribution < -0.4 is 0 Å². The largest absolute Gasteiger partial charge is 0.377 e. The van der Waals surface area contributed by atoms with Gasteiger partial charge < -0.3 is 4.74 Å². The van der Waals surface area contributed by atoms with Crippen molar-refractivity contribution in [3.8, 4) is 0 Å². The first kappa shape index (κ1) is 17.4. The average molecular weight is 304 g/mol. The van der Waals surface area contributed by atoms with Gasteiger partial charge in [0.05, 0.1) is 6.61 Å². The summed E-state index contributed by atoms with van der Waals surface area (Å²) in [6, 6.07) is 0. The van der Waals surface area contributed by atoms with E-state index in [0.717, 1.165) is 30.3 Å². The summed E-state index contributed by atoms with van der Waals surface area (Å²) in [5, 5.41) is 0. The van der Waals surface area contributed by atoms with Crippen LogP contribution in [-0.2, 0) is 11.3 Å². The Morgan fingerprint density at radius 3 is 2.32 bits per heavy atom. The summed E-state index contributed by atoms with van der Waals surface area (Å²) in [4.78, 5) is 9.19. The van der Waals surface area contributed by atoms with Crippen LogP contribution >= 0.6 is 0 Å². The predicted octanol–water partition coefficient (Wildman–Crippen LogP) is 5.26. The molecule has 0 bridgehead atoms. The van der Waals surface area contributed by atoms with E-state index in [4.69, 9.17) is 4.74 Å². The molecule has 1 aliphatic carbocycles. The normalized spacial score (nSPS) is 21.9. The van der Waals surface area contributed by atoms with Crippen molar-refractivity contribution in [1.82, 2.24) is 9.97 Å². The van der Waals surface area contributed by atoms with E-state index in [9.17, 15) is 0 Å². The third-order valence-corrected chi connectivity index (χ3v) is 4.81. The maximum absolute atomic E-state index is 5.62. The van der Waals surface area contributed by atoms with Crippen LogP contribution in [0.2, 0.25) is 0 Å². The first-order valence-corrected chi connectivity index (χ1v) is 9.22. The molecule has 0 saturated heterocycles. The Kier molecular flexibility index (Phi) is 7.86. The third-order valence-electron chi connectivity index (χ3n) is 4.81. The number of aromatic nitrogens is 2. The molecule has 1 aromatic heterocycles. The molecule has 0 spiro atoms. The summed E-state index contributed by atoms with van der Waals surface area (Å²) in [5.41, 5.74) is 1.09. The lowest BCUT2D eigenvalue weighted by Crippen LogP contribution is -2.15. The summed E-state index contributed by atoms with van der Waals surface area (Å²) < 4.78 is 5.62. The molecule has 124 valence electrons. The van der Waals surface area contributed by atoms with Gasteiger partial charge in [-0.15, -0.1) is 0 Å². The summed E-state index contributed by atoms with van der Waals surface area (Å²) in [5.74, 6) is 2.57. The molecule has 1 fully saturated rings. The fourth-order valence-electron chi connectivity index (χ4n) is 3.29. The van der Waals surface area contributed by atoms with E-state index < -0.39 is 0 Å². The molecule has 1 aliphatic rings. The zero-order chi connectivity index (χ0) is 15.6. The Hall–Kier alpha value is -0.960. The van der Waals surface area contributed by atoms with Gasteiger partial charge in [0.1, 0.15) is 5.82 Å². The Morgan fingerprint density at radius 2 is 1.68 bits per heavy atom. The molecule has 1 saturated carbocycles. The molecule has 1 aromatic rings. The Bertz CT molecular complexity index is 396. The highest BCUT2D eigenvalue weighted by molar-refractivity contribution is 5.07. The van der Waals surface area contributed by atoms with E-state index in [-0.39, 0.29) is 0 Å². The Labute approximate surface area is 135 Å². The van der Waals surface area contributed by atoms with Crippen LogP contribution in [0.15, 0.2) is 12.4 Å². The van der Waals surface area contributed by atoms with Crippen molar-refractivity contribution in [3.05, 3.63) is 23.8 Å². The lowest BCUT2D eigenvalue weighted by molar-refractivity contribution is 0.117. The van der Waals surface area contributed by atoms with Crippen molar-refractivity contribution in [2.75, 3.05) is 6.61 Å². The van der Waals surface area contributed by atoms with Crippen molar-refractivity contribution in [2.24, 2.45) is 5.92 Å². The van der Waals surface area contributed by atoms with E-state index in [1.54, 1.807) is 0 Å². The number of rotatable bonds is 9. The van der Waals surface area contributed by atoms with Crippen LogP contribution in [0.3, 0.4) is 0 Å². The van der Waals surface area contributed by atoms with E-state index in [2.05, 4.69) is 23.8 Å². The average Bonchev–Trinajstić information content (AvgIpc) is 2.58. The number of hydrogen-bond donors (Lipinski definition) is 0. The van der Waals surface area contributed by atoms with E-state index >= 15 is 0 Å². The van der Waals surface area contributed by atoms with Crippen molar-refractivity contribution >= 4 is 0 Å². The minimum atomic E-state index is 0.577. The van der Waals surface area contributed by atoms with Crippen LogP contribution in [0.4, 0.5) is 0 Å². The summed E-state index contributed by atoms with van der Waals surface area (Å²) in [7, 11) is 0. The number of nitrogens with zero attached hydrogens (tertiary/aromatic N) is 2. The monoisotopic (exact) mass is 304 g/mol. The van der Waals surface area contributed by atoms with Crippen molar-refractivity contribution < 1.29 is 4.74 Å². The van der Waals surface area contributed by atoms with Crippen LogP contribution in [0.1, 0.15) is 88.9 Å². The highest BCUT2D eigenvalue weighted by atomic mass is 16.5. The van der Waals surface area contributed by atoms with Gasteiger partial charge in [-0.25, -0.2) is 9.97 Å². The second-order valence-corrected chi connectivity index (χ2v) is 6.72. The van der Waals surface area contributed by atoms with E-state index in [1.165, 1.54) is 51.4 Å². The topological polar surface area (TPSA) is 35.0 Å². The Morgan fingerprint density at radius 1 is 1.00 bits per heavy atom. The molecule has 22 heavy (non-hydrogen) atoms. The fraction of sp³-hybridized carbons (Fsp3) is 0.789. The third kappa shape index (κ3) is 5.68. The minimum Gasteiger partial charge on any atom is -0.377 e. The smallest absolute Gasteiger partial charge is 0.131 e.